The zero-order chi connectivity index (χ0) is 16.8. The summed E-state index contributed by atoms with van der Waals surface area (Å²) >= 11 is 0. The van der Waals surface area contributed by atoms with E-state index in [1.54, 1.807) is 0 Å². The normalized spacial score (nSPS) is 12.6. The first-order valence-electron chi connectivity index (χ1n) is 7.85. The van der Waals surface area contributed by atoms with Crippen LogP contribution in [-0.4, -0.2) is 46.5 Å². The van der Waals surface area contributed by atoms with Gasteiger partial charge in [0, 0.05) is 13.0 Å². The highest BCUT2D eigenvalue weighted by molar-refractivity contribution is 5.32. The Morgan fingerprint density at radius 1 is 1.26 bits per heavy atom. The molecule has 23 heavy (non-hydrogen) atoms. The van der Waals surface area contributed by atoms with E-state index in [-0.39, 0.29) is 6.61 Å². The quantitative estimate of drug-likeness (QED) is 0.803. The average molecular weight is 319 g/mol. The monoisotopic (exact) mass is 319 g/mol. The molecule has 1 N–H and O–H groups in total. The van der Waals surface area contributed by atoms with Crippen LogP contribution in [0.25, 0.3) is 0 Å². The van der Waals surface area contributed by atoms with Gasteiger partial charge in [-0.2, -0.15) is 4.98 Å². The lowest BCUT2D eigenvalue weighted by atomic mass is 10.1. The van der Waals surface area contributed by atoms with E-state index in [1.165, 1.54) is 0 Å². The Morgan fingerprint density at radius 3 is 2.57 bits per heavy atom. The maximum atomic E-state index is 10.1. The summed E-state index contributed by atoms with van der Waals surface area (Å²) in [6.07, 6.45) is 0.161. The summed E-state index contributed by atoms with van der Waals surface area (Å²) in [5.41, 5.74) is 2.30. The number of ether oxygens (including phenoxy) is 1. The minimum Gasteiger partial charge on any atom is -0.491 e. The Balaban J connectivity index is 1.78. The van der Waals surface area contributed by atoms with Crippen LogP contribution in [0.1, 0.15) is 29.8 Å². The Bertz CT molecular complexity index is 607. The lowest BCUT2D eigenvalue weighted by Crippen LogP contribution is -2.32. The van der Waals surface area contributed by atoms with E-state index in [1.807, 2.05) is 44.9 Å². The Hall–Kier alpha value is -1.92. The summed E-state index contributed by atoms with van der Waals surface area (Å²) in [5.74, 6) is 2.05. The lowest BCUT2D eigenvalue weighted by molar-refractivity contribution is 0.0713. The number of aliphatic hydroxyl groups is 1. The van der Waals surface area contributed by atoms with Crippen molar-refractivity contribution in [3.63, 3.8) is 0 Å². The van der Waals surface area contributed by atoms with Crippen LogP contribution >= 0.6 is 0 Å². The number of aryl methyl sites for hydroxylation is 3. The average Bonchev–Trinajstić information content (AvgIpc) is 2.91. The van der Waals surface area contributed by atoms with Gasteiger partial charge >= 0.3 is 0 Å². The van der Waals surface area contributed by atoms with Crippen LogP contribution in [0.2, 0.25) is 0 Å². The van der Waals surface area contributed by atoms with Crippen LogP contribution < -0.4 is 4.74 Å². The summed E-state index contributed by atoms with van der Waals surface area (Å²) in [6.45, 7) is 7.25. The van der Waals surface area contributed by atoms with Crippen molar-refractivity contribution in [3.8, 4) is 5.75 Å². The number of rotatable bonds is 8. The van der Waals surface area contributed by atoms with Gasteiger partial charge < -0.3 is 14.4 Å². The highest BCUT2D eigenvalue weighted by Gasteiger charge is 2.13. The molecule has 2 rings (SSSR count). The molecule has 1 heterocycles. The Labute approximate surface area is 137 Å². The third kappa shape index (κ3) is 5.65. The summed E-state index contributed by atoms with van der Waals surface area (Å²) in [6, 6.07) is 6.02. The molecule has 0 amide bonds. The number of hydrogen-bond donors (Lipinski definition) is 1. The van der Waals surface area contributed by atoms with E-state index in [9.17, 15) is 5.11 Å². The number of aromatic nitrogens is 2. The van der Waals surface area contributed by atoms with Crippen LogP contribution in [0.15, 0.2) is 22.7 Å². The van der Waals surface area contributed by atoms with Crippen molar-refractivity contribution < 1.29 is 14.4 Å². The van der Waals surface area contributed by atoms with Crippen molar-refractivity contribution in [2.45, 2.75) is 39.8 Å². The van der Waals surface area contributed by atoms with Crippen molar-refractivity contribution in [3.05, 3.63) is 41.0 Å². The molecule has 0 saturated heterocycles. The van der Waals surface area contributed by atoms with Gasteiger partial charge in [-0.1, -0.05) is 18.1 Å². The van der Waals surface area contributed by atoms with Gasteiger partial charge in [0.25, 0.3) is 0 Å². The highest BCUT2D eigenvalue weighted by Crippen LogP contribution is 2.16. The first-order valence-corrected chi connectivity index (χ1v) is 7.85. The van der Waals surface area contributed by atoms with Gasteiger partial charge in [-0.15, -0.1) is 0 Å². The second-order valence-electron chi connectivity index (χ2n) is 5.94. The molecule has 0 aliphatic carbocycles. The van der Waals surface area contributed by atoms with Gasteiger partial charge in [0.15, 0.2) is 5.82 Å². The molecule has 6 nitrogen and oxygen atoms in total. The topological polar surface area (TPSA) is 71.6 Å². The lowest BCUT2D eigenvalue weighted by Gasteiger charge is -2.19. The van der Waals surface area contributed by atoms with Crippen molar-refractivity contribution in [1.82, 2.24) is 15.0 Å². The summed E-state index contributed by atoms with van der Waals surface area (Å²) in [5, 5.41) is 14.0. The minimum absolute atomic E-state index is 0.247. The zero-order valence-electron chi connectivity index (χ0n) is 14.2. The van der Waals surface area contributed by atoms with Crippen LogP contribution in [0.5, 0.6) is 5.75 Å². The maximum Gasteiger partial charge on any atom is 0.240 e. The fourth-order valence-corrected chi connectivity index (χ4v) is 2.41. The predicted octanol–water partition coefficient (Wildman–Crippen LogP) is 2.12. The number of benzene rings is 1. The molecule has 6 heteroatoms. The van der Waals surface area contributed by atoms with Crippen molar-refractivity contribution in [2.24, 2.45) is 0 Å². The molecule has 0 fully saturated rings. The molecule has 0 bridgehead atoms. The van der Waals surface area contributed by atoms with Gasteiger partial charge in [-0.3, -0.25) is 4.90 Å². The fraction of sp³-hybridized carbons (Fsp3) is 0.529. The first kappa shape index (κ1) is 17.4. The number of hydrogen-bond acceptors (Lipinski definition) is 6. The van der Waals surface area contributed by atoms with E-state index in [0.29, 0.717) is 24.8 Å². The van der Waals surface area contributed by atoms with Gasteiger partial charge in [-0.05, 0) is 44.2 Å². The fourth-order valence-electron chi connectivity index (χ4n) is 2.41. The van der Waals surface area contributed by atoms with E-state index >= 15 is 0 Å². The van der Waals surface area contributed by atoms with Crippen LogP contribution in [-0.2, 0) is 13.0 Å². The standard InChI is InChI=1S/C17H25N3O3/c1-5-16-18-17(23-19-16)10-20(4)9-14(21)11-22-15-7-12(2)6-13(3)8-15/h6-8,14,21H,5,9-11H2,1-4H3. The Morgan fingerprint density at radius 2 is 1.96 bits per heavy atom. The molecule has 0 radical (unpaired) electrons. The van der Waals surface area contributed by atoms with Gasteiger partial charge in [0.2, 0.25) is 5.89 Å². The summed E-state index contributed by atoms with van der Waals surface area (Å²) < 4.78 is 10.8. The molecule has 1 atom stereocenters. The second-order valence-corrected chi connectivity index (χ2v) is 5.94. The number of nitrogens with zero attached hydrogens (tertiary/aromatic N) is 3. The first-order chi connectivity index (χ1) is 11.0. The van der Waals surface area contributed by atoms with Crippen molar-refractivity contribution >= 4 is 0 Å². The molecular formula is C17H25N3O3. The van der Waals surface area contributed by atoms with E-state index in [4.69, 9.17) is 9.26 Å². The highest BCUT2D eigenvalue weighted by atomic mass is 16.5. The molecule has 0 spiro atoms. The number of aliphatic hydroxyl groups excluding tert-OH is 1. The van der Waals surface area contributed by atoms with Crippen LogP contribution in [0.3, 0.4) is 0 Å². The summed E-state index contributed by atoms with van der Waals surface area (Å²) in [4.78, 5) is 6.19. The molecule has 1 unspecified atom stereocenters. The van der Waals surface area contributed by atoms with Crippen LogP contribution in [0.4, 0.5) is 0 Å². The van der Waals surface area contributed by atoms with Gasteiger partial charge in [0.05, 0.1) is 6.54 Å². The van der Waals surface area contributed by atoms with Crippen molar-refractivity contribution in [1.29, 1.82) is 0 Å². The molecule has 1 aromatic carbocycles. The molecule has 0 aliphatic rings. The molecule has 0 saturated carbocycles. The molecule has 2 aromatic rings. The smallest absolute Gasteiger partial charge is 0.240 e. The Kier molecular flexibility index (Phi) is 6.12. The molecule has 1 aromatic heterocycles. The maximum absolute atomic E-state index is 10.1. The SMILES string of the molecule is CCc1noc(CN(C)CC(O)COc2cc(C)cc(C)c2)n1. The van der Waals surface area contributed by atoms with E-state index < -0.39 is 6.10 Å². The predicted molar refractivity (Wildman–Crippen MR) is 87.4 cm³/mol. The third-order valence-electron chi connectivity index (χ3n) is 3.39. The zero-order valence-corrected chi connectivity index (χ0v) is 14.2. The number of likely N-dealkylation sites (N-methyl/N-ethyl adjacent to an activating group) is 1. The minimum atomic E-state index is -0.589. The molecule has 126 valence electrons. The van der Waals surface area contributed by atoms with Gasteiger partial charge in [-0.25, -0.2) is 0 Å². The van der Waals surface area contributed by atoms with E-state index in [2.05, 4.69) is 16.2 Å². The van der Waals surface area contributed by atoms with Crippen molar-refractivity contribution in [2.75, 3.05) is 20.2 Å². The van der Waals surface area contributed by atoms with E-state index in [0.717, 1.165) is 23.3 Å². The summed E-state index contributed by atoms with van der Waals surface area (Å²) in [7, 11) is 1.90. The van der Waals surface area contributed by atoms with Crippen LogP contribution in [0, 0.1) is 13.8 Å². The second kappa shape index (κ2) is 8.08. The van der Waals surface area contributed by atoms with Gasteiger partial charge in [0.1, 0.15) is 18.5 Å². The molecule has 0 aliphatic heterocycles. The molecular weight excluding hydrogens is 294 g/mol. The largest absolute Gasteiger partial charge is 0.491 e. The third-order valence-corrected chi connectivity index (χ3v) is 3.39.